The zero-order valence-corrected chi connectivity index (χ0v) is 13.4. The average molecular weight is 353 g/mol. The first-order valence-electron chi connectivity index (χ1n) is 7.84. The highest BCUT2D eigenvalue weighted by Gasteiger charge is 2.16. The molecule has 0 spiro atoms. The molecule has 26 heavy (non-hydrogen) atoms. The summed E-state index contributed by atoms with van der Waals surface area (Å²) in [6, 6.07) is 10.3. The van der Waals surface area contributed by atoms with E-state index in [4.69, 9.17) is 4.42 Å². The number of amides is 1. The van der Waals surface area contributed by atoms with Crippen LogP contribution in [0.15, 0.2) is 59.4 Å². The Balaban J connectivity index is 1.70. The lowest BCUT2D eigenvalue weighted by Gasteiger charge is -2.05. The van der Waals surface area contributed by atoms with Crippen LogP contribution in [-0.4, -0.2) is 16.1 Å². The summed E-state index contributed by atoms with van der Waals surface area (Å²) >= 11 is 0. The van der Waals surface area contributed by atoms with Crippen LogP contribution in [-0.2, 0) is 6.54 Å². The molecule has 7 heteroatoms. The standard InChI is InChI=1S/C19H13F2N3O2/c20-14-3-1-2-12(6-14)17-15-7-13(8-16(21)18(15)24-23-17)19(25)22-9-11-4-5-26-10-11/h1-8,10H,9H2,(H,22,25)(H,23,24). The van der Waals surface area contributed by atoms with E-state index >= 15 is 0 Å². The van der Waals surface area contributed by atoms with Gasteiger partial charge in [0, 0.05) is 28.6 Å². The Hall–Kier alpha value is -3.48. The zero-order chi connectivity index (χ0) is 18.1. The van der Waals surface area contributed by atoms with Crippen LogP contribution in [0.5, 0.6) is 0 Å². The van der Waals surface area contributed by atoms with Gasteiger partial charge in [0.25, 0.3) is 5.91 Å². The van der Waals surface area contributed by atoms with E-state index in [1.165, 1.54) is 30.7 Å². The number of carbonyl (C=O) groups is 1. The number of nitrogens with one attached hydrogen (secondary N) is 2. The van der Waals surface area contributed by atoms with E-state index in [0.29, 0.717) is 16.6 Å². The molecule has 0 saturated heterocycles. The summed E-state index contributed by atoms with van der Waals surface area (Å²) in [6.07, 6.45) is 3.02. The fourth-order valence-electron chi connectivity index (χ4n) is 2.75. The maximum Gasteiger partial charge on any atom is 0.251 e. The Morgan fingerprint density at radius 2 is 2.08 bits per heavy atom. The molecule has 2 aromatic heterocycles. The normalized spacial score (nSPS) is 11.0. The van der Waals surface area contributed by atoms with Crippen molar-refractivity contribution in [1.82, 2.24) is 15.5 Å². The van der Waals surface area contributed by atoms with Gasteiger partial charge in [-0.2, -0.15) is 5.10 Å². The summed E-state index contributed by atoms with van der Waals surface area (Å²) in [7, 11) is 0. The van der Waals surface area contributed by atoms with Crippen LogP contribution in [0.4, 0.5) is 8.78 Å². The van der Waals surface area contributed by atoms with E-state index in [2.05, 4.69) is 15.5 Å². The lowest BCUT2D eigenvalue weighted by molar-refractivity contribution is 0.0950. The number of carbonyl (C=O) groups excluding carboxylic acids is 1. The number of fused-ring (bicyclic) bond motifs is 1. The van der Waals surface area contributed by atoms with Gasteiger partial charge in [-0.15, -0.1) is 0 Å². The smallest absolute Gasteiger partial charge is 0.251 e. The predicted molar refractivity (Wildman–Crippen MR) is 91.3 cm³/mol. The number of halogens is 2. The van der Waals surface area contributed by atoms with Gasteiger partial charge in [0.2, 0.25) is 0 Å². The van der Waals surface area contributed by atoms with Gasteiger partial charge >= 0.3 is 0 Å². The molecular weight excluding hydrogens is 340 g/mol. The van der Waals surface area contributed by atoms with E-state index in [9.17, 15) is 13.6 Å². The Bertz CT molecular complexity index is 1090. The van der Waals surface area contributed by atoms with Crippen molar-refractivity contribution in [2.24, 2.45) is 0 Å². The minimum absolute atomic E-state index is 0.0932. The minimum Gasteiger partial charge on any atom is -0.472 e. The third-order valence-electron chi connectivity index (χ3n) is 4.02. The molecule has 1 amide bonds. The first kappa shape index (κ1) is 16.0. The Kier molecular flexibility index (Phi) is 3.96. The van der Waals surface area contributed by atoms with Gasteiger partial charge < -0.3 is 9.73 Å². The van der Waals surface area contributed by atoms with Crippen LogP contribution >= 0.6 is 0 Å². The molecule has 130 valence electrons. The monoisotopic (exact) mass is 353 g/mol. The second-order valence-electron chi connectivity index (χ2n) is 5.78. The van der Waals surface area contributed by atoms with Crippen LogP contribution in [0.3, 0.4) is 0 Å². The molecule has 0 aliphatic rings. The van der Waals surface area contributed by atoms with Gasteiger partial charge in [-0.05, 0) is 30.3 Å². The SMILES string of the molecule is O=C(NCc1ccoc1)c1cc(F)c2n[nH]c(-c3cccc(F)c3)c2c1. The quantitative estimate of drug-likeness (QED) is 0.582. The molecule has 2 heterocycles. The van der Waals surface area contributed by atoms with Crippen LogP contribution in [0.25, 0.3) is 22.2 Å². The maximum atomic E-state index is 14.4. The zero-order valence-electron chi connectivity index (χ0n) is 13.4. The second kappa shape index (κ2) is 6.44. The van der Waals surface area contributed by atoms with Gasteiger partial charge in [-0.25, -0.2) is 8.78 Å². The summed E-state index contributed by atoms with van der Waals surface area (Å²) in [5.41, 5.74) is 2.00. The average Bonchev–Trinajstić information content (AvgIpc) is 3.29. The summed E-state index contributed by atoms with van der Waals surface area (Å²) < 4.78 is 32.8. The fourth-order valence-corrected chi connectivity index (χ4v) is 2.75. The van der Waals surface area contributed by atoms with E-state index < -0.39 is 17.5 Å². The van der Waals surface area contributed by atoms with Crippen molar-refractivity contribution >= 4 is 16.8 Å². The van der Waals surface area contributed by atoms with Crippen molar-refractivity contribution < 1.29 is 18.0 Å². The van der Waals surface area contributed by atoms with Gasteiger partial charge in [-0.3, -0.25) is 9.89 Å². The maximum absolute atomic E-state index is 14.4. The molecule has 0 atom stereocenters. The first-order valence-corrected chi connectivity index (χ1v) is 7.84. The first-order chi connectivity index (χ1) is 12.6. The van der Waals surface area contributed by atoms with Gasteiger partial charge in [-0.1, -0.05) is 12.1 Å². The van der Waals surface area contributed by atoms with E-state index in [0.717, 1.165) is 11.6 Å². The highest BCUT2D eigenvalue weighted by molar-refractivity contribution is 6.01. The fraction of sp³-hybridized carbons (Fsp3) is 0.0526. The number of hydrogen-bond acceptors (Lipinski definition) is 3. The lowest BCUT2D eigenvalue weighted by atomic mass is 10.0. The molecule has 4 rings (SSSR count). The van der Waals surface area contributed by atoms with E-state index in [1.54, 1.807) is 18.2 Å². The molecule has 2 aromatic carbocycles. The molecule has 2 N–H and O–H groups in total. The molecule has 0 aliphatic heterocycles. The van der Waals surface area contributed by atoms with Crippen LogP contribution in [0.1, 0.15) is 15.9 Å². The highest BCUT2D eigenvalue weighted by atomic mass is 19.1. The number of aromatic amines is 1. The van der Waals surface area contributed by atoms with E-state index in [-0.39, 0.29) is 17.6 Å². The summed E-state index contributed by atoms with van der Waals surface area (Å²) in [5.74, 6) is -1.48. The molecule has 0 fully saturated rings. The topological polar surface area (TPSA) is 70.9 Å². The Labute approximate surface area is 146 Å². The van der Waals surface area contributed by atoms with Crippen molar-refractivity contribution in [3.63, 3.8) is 0 Å². The van der Waals surface area contributed by atoms with Crippen molar-refractivity contribution in [2.45, 2.75) is 6.54 Å². The molecule has 0 aliphatic carbocycles. The number of hydrogen-bond donors (Lipinski definition) is 2. The molecule has 0 radical (unpaired) electrons. The third-order valence-corrected chi connectivity index (χ3v) is 4.02. The number of rotatable bonds is 4. The largest absolute Gasteiger partial charge is 0.472 e. The molecule has 0 saturated carbocycles. The number of H-pyrrole nitrogens is 1. The predicted octanol–water partition coefficient (Wildman–Crippen LogP) is 4.03. The van der Waals surface area contributed by atoms with Crippen LogP contribution < -0.4 is 5.32 Å². The second-order valence-corrected chi connectivity index (χ2v) is 5.78. The number of benzene rings is 2. The number of nitrogens with zero attached hydrogens (tertiary/aromatic N) is 1. The number of aromatic nitrogens is 2. The molecule has 4 aromatic rings. The van der Waals surface area contributed by atoms with Crippen molar-refractivity contribution in [2.75, 3.05) is 0 Å². The van der Waals surface area contributed by atoms with Crippen molar-refractivity contribution in [3.05, 3.63) is 77.8 Å². The summed E-state index contributed by atoms with van der Waals surface area (Å²) in [6.45, 7) is 0.261. The molecule has 5 nitrogen and oxygen atoms in total. The molecule has 0 bridgehead atoms. The van der Waals surface area contributed by atoms with E-state index in [1.807, 2.05) is 0 Å². The van der Waals surface area contributed by atoms with Crippen LogP contribution in [0.2, 0.25) is 0 Å². The highest BCUT2D eigenvalue weighted by Crippen LogP contribution is 2.29. The lowest BCUT2D eigenvalue weighted by Crippen LogP contribution is -2.22. The van der Waals surface area contributed by atoms with Crippen molar-refractivity contribution in [3.8, 4) is 11.3 Å². The molecule has 0 unspecified atom stereocenters. The summed E-state index contributed by atoms with van der Waals surface area (Å²) in [4.78, 5) is 12.4. The molecular formula is C19H13F2N3O2. The minimum atomic E-state index is -0.630. The van der Waals surface area contributed by atoms with Crippen molar-refractivity contribution in [1.29, 1.82) is 0 Å². The Morgan fingerprint density at radius 3 is 2.85 bits per heavy atom. The third kappa shape index (κ3) is 2.95. The van der Waals surface area contributed by atoms with Gasteiger partial charge in [0.15, 0.2) is 5.82 Å². The van der Waals surface area contributed by atoms with Crippen LogP contribution in [0, 0.1) is 11.6 Å². The summed E-state index contributed by atoms with van der Waals surface area (Å²) in [5, 5.41) is 9.77. The Morgan fingerprint density at radius 1 is 1.19 bits per heavy atom. The number of furan rings is 1. The van der Waals surface area contributed by atoms with Gasteiger partial charge in [0.1, 0.15) is 11.3 Å². The van der Waals surface area contributed by atoms with Gasteiger partial charge in [0.05, 0.1) is 18.2 Å².